The molecule has 1 aliphatic carbocycles. The van der Waals surface area contributed by atoms with Gasteiger partial charge in [0.05, 0.1) is 12.5 Å². The number of nitrogens with zero attached hydrogens (tertiary/aromatic N) is 2. The molecule has 2 aromatic carbocycles. The molecule has 7 nitrogen and oxygen atoms in total. The molecule has 0 radical (unpaired) electrons. The average molecular weight is 535 g/mol. The van der Waals surface area contributed by atoms with Crippen LogP contribution in [0.25, 0.3) is 0 Å². The Labute approximate surface area is 234 Å². The van der Waals surface area contributed by atoms with Crippen LogP contribution in [-0.4, -0.2) is 61.6 Å². The predicted octanol–water partition coefficient (Wildman–Crippen LogP) is 4.46. The highest BCUT2D eigenvalue weighted by atomic mass is 16.5. The van der Waals surface area contributed by atoms with E-state index in [1.807, 2.05) is 50.1 Å². The fraction of sp³-hybridized carbons (Fsp3) is 0.562. The van der Waals surface area contributed by atoms with Crippen LogP contribution in [0, 0.1) is 12.8 Å². The zero-order valence-electron chi connectivity index (χ0n) is 24.3. The highest BCUT2D eigenvalue weighted by Gasteiger charge is 2.30. The molecule has 4 rings (SSSR count). The number of amides is 2. The first-order chi connectivity index (χ1) is 18.7. The van der Waals surface area contributed by atoms with Gasteiger partial charge in [-0.3, -0.25) is 14.5 Å². The van der Waals surface area contributed by atoms with Crippen molar-refractivity contribution in [1.82, 2.24) is 15.5 Å². The van der Waals surface area contributed by atoms with Crippen molar-refractivity contribution in [3.8, 4) is 5.75 Å². The van der Waals surface area contributed by atoms with Crippen LogP contribution in [0.4, 0.5) is 5.69 Å². The van der Waals surface area contributed by atoms with Gasteiger partial charge in [0, 0.05) is 56.9 Å². The second-order valence-electron chi connectivity index (χ2n) is 11.7. The molecule has 1 saturated carbocycles. The zero-order chi connectivity index (χ0) is 27.9. The zero-order valence-corrected chi connectivity index (χ0v) is 24.3. The minimum absolute atomic E-state index is 0.0169. The van der Waals surface area contributed by atoms with E-state index in [4.69, 9.17) is 4.74 Å². The van der Waals surface area contributed by atoms with Gasteiger partial charge >= 0.3 is 0 Å². The van der Waals surface area contributed by atoms with Gasteiger partial charge in [-0.15, -0.1) is 0 Å². The molecule has 1 atom stereocenters. The van der Waals surface area contributed by atoms with Crippen molar-refractivity contribution in [3.05, 3.63) is 59.2 Å². The SMILES string of the molecule is Cc1cc(N(C)C(=O)[C@H]2CC[C@H](Oc3cccc(CC(=O)NC(C)C)c3)CC2)ccc1CN1CCN[C@@H](C)C1. The summed E-state index contributed by atoms with van der Waals surface area (Å²) in [6.45, 7) is 12.4. The molecule has 0 spiro atoms. The summed E-state index contributed by atoms with van der Waals surface area (Å²) in [6.07, 6.45) is 3.78. The first-order valence-electron chi connectivity index (χ1n) is 14.6. The molecular weight excluding hydrogens is 488 g/mol. The number of hydrogen-bond donors (Lipinski definition) is 2. The summed E-state index contributed by atoms with van der Waals surface area (Å²) >= 11 is 0. The number of nitrogens with one attached hydrogen (secondary N) is 2. The number of benzene rings is 2. The molecule has 0 bridgehead atoms. The van der Waals surface area contributed by atoms with Crippen LogP contribution in [0.15, 0.2) is 42.5 Å². The van der Waals surface area contributed by atoms with Gasteiger partial charge in [-0.25, -0.2) is 0 Å². The van der Waals surface area contributed by atoms with Crippen molar-refractivity contribution in [1.29, 1.82) is 0 Å². The van der Waals surface area contributed by atoms with E-state index in [1.165, 1.54) is 11.1 Å². The van der Waals surface area contributed by atoms with Crippen molar-refractivity contribution >= 4 is 17.5 Å². The molecule has 2 aliphatic rings. The van der Waals surface area contributed by atoms with Gasteiger partial charge in [0.25, 0.3) is 0 Å². The van der Waals surface area contributed by atoms with Gasteiger partial charge in [-0.2, -0.15) is 0 Å². The fourth-order valence-corrected chi connectivity index (χ4v) is 5.77. The van der Waals surface area contributed by atoms with Crippen LogP contribution in [0.2, 0.25) is 0 Å². The number of aryl methyl sites for hydroxylation is 1. The minimum Gasteiger partial charge on any atom is -0.490 e. The molecule has 1 aliphatic heterocycles. The van der Waals surface area contributed by atoms with Gasteiger partial charge in [0.1, 0.15) is 5.75 Å². The minimum atomic E-state index is 0.0169. The second-order valence-corrected chi connectivity index (χ2v) is 11.7. The molecule has 39 heavy (non-hydrogen) atoms. The van der Waals surface area contributed by atoms with Crippen LogP contribution in [0.5, 0.6) is 5.75 Å². The summed E-state index contributed by atoms with van der Waals surface area (Å²) in [7, 11) is 1.90. The van der Waals surface area contributed by atoms with Gasteiger partial charge in [0.2, 0.25) is 11.8 Å². The van der Waals surface area contributed by atoms with Crippen LogP contribution in [-0.2, 0) is 22.6 Å². The number of anilines is 1. The summed E-state index contributed by atoms with van der Waals surface area (Å²) in [4.78, 5) is 29.8. The van der Waals surface area contributed by atoms with Crippen molar-refractivity contribution in [2.45, 2.75) is 84.5 Å². The second kappa shape index (κ2) is 13.4. The Morgan fingerprint density at radius 3 is 2.59 bits per heavy atom. The third-order valence-corrected chi connectivity index (χ3v) is 7.93. The van der Waals surface area contributed by atoms with Gasteiger partial charge < -0.3 is 20.3 Å². The van der Waals surface area contributed by atoms with E-state index in [0.29, 0.717) is 12.5 Å². The number of carbonyl (C=O) groups is 2. The maximum Gasteiger partial charge on any atom is 0.229 e. The Bertz CT molecular complexity index is 1130. The highest BCUT2D eigenvalue weighted by Crippen LogP contribution is 2.31. The van der Waals surface area contributed by atoms with E-state index >= 15 is 0 Å². The standard InChI is InChI=1S/C32H46N4O3/c1-22(2)34-31(37)19-25-7-6-8-30(18-25)39-29-13-10-26(11-14-29)32(38)35(5)28-12-9-27(23(3)17-28)21-36-16-15-33-24(4)20-36/h6-9,12,17-18,22,24,26,29,33H,10-11,13-16,19-21H2,1-5H3,(H,34,37)/t24-,26-,29-/m0/s1. The maximum absolute atomic E-state index is 13.4. The first kappa shape index (κ1) is 29.1. The van der Waals surface area contributed by atoms with Gasteiger partial charge in [-0.1, -0.05) is 18.2 Å². The van der Waals surface area contributed by atoms with Crippen LogP contribution < -0.4 is 20.3 Å². The van der Waals surface area contributed by atoms with E-state index in [9.17, 15) is 9.59 Å². The normalized spacial score (nSPS) is 21.9. The predicted molar refractivity (Wildman–Crippen MR) is 157 cm³/mol. The topological polar surface area (TPSA) is 73.9 Å². The summed E-state index contributed by atoms with van der Waals surface area (Å²) in [5.41, 5.74) is 4.47. The molecule has 212 valence electrons. The summed E-state index contributed by atoms with van der Waals surface area (Å²) in [5.74, 6) is 1.02. The molecule has 2 N–H and O–H groups in total. The molecular formula is C32H46N4O3. The number of piperazine rings is 1. The Hall–Kier alpha value is -2.90. The quantitative estimate of drug-likeness (QED) is 0.497. The van der Waals surface area contributed by atoms with Crippen molar-refractivity contribution in [2.75, 3.05) is 31.6 Å². The lowest BCUT2D eigenvalue weighted by atomic mass is 9.86. The molecule has 2 aromatic rings. The van der Waals surface area contributed by atoms with E-state index < -0.39 is 0 Å². The lowest BCUT2D eigenvalue weighted by molar-refractivity contribution is -0.123. The lowest BCUT2D eigenvalue weighted by Gasteiger charge is -2.32. The Morgan fingerprint density at radius 1 is 1.13 bits per heavy atom. The van der Waals surface area contributed by atoms with Crippen molar-refractivity contribution in [3.63, 3.8) is 0 Å². The average Bonchev–Trinajstić information content (AvgIpc) is 2.89. The number of rotatable bonds is 9. The lowest BCUT2D eigenvalue weighted by Crippen LogP contribution is -2.48. The summed E-state index contributed by atoms with van der Waals surface area (Å²) < 4.78 is 6.27. The largest absolute Gasteiger partial charge is 0.490 e. The summed E-state index contributed by atoms with van der Waals surface area (Å²) in [5, 5.41) is 6.43. The fourth-order valence-electron chi connectivity index (χ4n) is 5.77. The van der Waals surface area contributed by atoms with Crippen LogP contribution in [0.1, 0.15) is 63.1 Å². The smallest absolute Gasteiger partial charge is 0.229 e. The molecule has 0 aromatic heterocycles. The van der Waals surface area contributed by atoms with Crippen LogP contribution in [0.3, 0.4) is 0 Å². The number of hydrogen-bond acceptors (Lipinski definition) is 5. The monoisotopic (exact) mass is 534 g/mol. The molecule has 1 heterocycles. The van der Waals surface area contributed by atoms with Gasteiger partial charge in [0.15, 0.2) is 0 Å². The third kappa shape index (κ3) is 8.29. The van der Waals surface area contributed by atoms with Crippen molar-refractivity contribution < 1.29 is 14.3 Å². The number of carbonyl (C=O) groups excluding carboxylic acids is 2. The Morgan fingerprint density at radius 2 is 1.90 bits per heavy atom. The summed E-state index contributed by atoms with van der Waals surface area (Å²) in [6, 6.07) is 14.9. The van der Waals surface area contributed by atoms with Crippen LogP contribution >= 0.6 is 0 Å². The van der Waals surface area contributed by atoms with E-state index in [-0.39, 0.29) is 29.9 Å². The molecule has 0 unspecified atom stereocenters. The Kier molecular flexibility index (Phi) is 10.0. The number of ether oxygens (including phenoxy) is 1. The van der Waals surface area contributed by atoms with E-state index in [2.05, 4.69) is 47.6 Å². The molecule has 2 amide bonds. The molecule has 1 saturated heterocycles. The van der Waals surface area contributed by atoms with E-state index in [1.54, 1.807) is 0 Å². The molecule has 2 fully saturated rings. The maximum atomic E-state index is 13.4. The van der Waals surface area contributed by atoms with Gasteiger partial charge in [-0.05, 0) is 94.3 Å². The van der Waals surface area contributed by atoms with E-state index in [0.717, 1.165) is 68.9 Å². The first-order valence-corrected chi connectivity index (χ1v) is 14.6. The Balaban J connectivity index is 1.27. The molecule has 7 heteroatoms. The third-order valence-electron chi connectivity index (χ3n) is 7.93. The van der Waals surface area contributed by atoms with Crippen molar-refractivity contribution in [2.24, 2.45) is 5.92 Å². The highest BCUT2D eigenvalue weighted by molar-refractivity contribution is 5.94.